The van der Waals surface area contributed by atoms with Gasteiger partial charge in [0.25, 0.3) is 0 Å². The minimum atomic E-state index is -0.231. The van der Waals surface area contributed by atoms with Crippen LogP contribution in [-0.4, -0.2) is 11.0 Å². The van der Waals surface area contributed by atoms with Crippen LogP contribution in [0.5, 0.6) is 5.75 Å². The summed E-state index contributed by atoms with van der Waals surface area (Å²) >= 11 is 3.25. The van der Waals surface area contributed by atoms with Crippen LogP contribution in [-0.2, 0) is 4.79 Å². The zero-order chi connectivity index (χ0) is 11.8. The van der Waals surface area contributed by atoms with Crippen molar-refractivity contribution in [2.75, 3.05) is 5.32 Å². The van der Waals surface area contributed by atoms with Crippen molar-refractivity contribution in [3.8, 4) is 5.75 Å². The summed E-state index contributed by atoms with van der Waals surface area (Å²) in [6.07, 6.45) is 3.00. The van der Waals surface area contributed by atoms with Crippen LogP contribution in [0.15, 0.2) is 22.7 Å². The Morgan fingerprint density at radius 3 is 2.75 bits per heavy atom. The monoisotopic (exact) mass is 283 g/mol. The molecule has 0 radical (unpaired) electrons. The Bertz CT molecular complexity index is 427. The molecule has 0 bridgehead atoms. The van der Waals surface area contributed by atoms with Gasteiger partial charge in [-0.1, -0.05) is 19.4 Å². The lowest BCUT2D eigenvalue weighted by atomic mass is 9.70. The standard InChI is InChI=1S/C12H14BrNO2/c1-12(6-3-7-12)11(16)14-8-4-2-5-9(15)10(8)13/h2,4-5,15H,3,6-7H2,1H3,(H,14,16). The Kier molecular flexibility index (Phi) is 2.93. The van der Waals surface area contributed by atoms with E-state index < -0.39 is 0 Å². The maximum absolute atomic E-state index is 12.0. The van der Waals surface area contributed by atoms with Gasteiger partial charge in [-0.3, -0.25) is 4.79 Å². The zero-order valence-corrected chi connectivity index (χ0v) is 10.7. The number of amides is 1. The zero-order valence-electron chi connectivity index (χ0n) is 9.09. The van der Waals surface area contributed by atoms with Crippen molar-refractivity contribution in [1.82, 2.24) is 0 Å². The van der Waals surface area contributed by atoms with Crippen molar-refractivity contribution in [1.29, 1.82) is 0 Å². The first-order chi connectivity index (χ1) is 7.53. The first-order valence-corrected chi connectivity index (χ1v) is 6.11. The fourth-order valence-corrected chi connectivity index (χ4v) is 2.19. The quantitative estimate of drug-likeness (QED) is 0.875. The minimum absolute atomic E-state index is 0.0325. The van der Waals surface area contributed by atoms with Gasteiger partial charge >= 0.3 is 0 Å². The Morgan fingerprint density at radius 2 is 2.19 bits per heavy atom. The Morgan fingerprint density at radius 1 is 1.50 bits per heavy atom. The summed E-state index contributed by atoms with van der Waals surface area (Å²) in [6.45, 7) is 1.97. The number of hydrogen-bond donors (Lipinski definition) is 2. The average Bonchev–Trinajstić information content (AvgIpc) is 2.21. The largest absolute Gasteiger partial charge is 0.507 e. The maximum Gasteiger partial charge on any atom is 0.230 e. The van der Waals surface area contributed by atoms with Gasteiger partial charge in [-0.2, -0.15) is 0 Å². The number of carbonyl (C=O) groups excluding carboxylic acids is 1. The molecular weight excluding hydrogens is 270 g/mol. The molecule has 1 saturated carbocycles. The van der Waals surface area contributed by atoms with Crippen LogP contribution in [0.4, 0.5) is 5.69 Å². The van der Waals surface area contributed by atoms with Crippen molar-refractivity contribution in [2.24, 2.45) is 5.41 Å². The molecular formula is C12H14BrNO2. The number of halogens is 1. The predicted molar refractivity (Wildman–Crippen MR) is 66.4 cm³/mol. The minimum Gasteiger partial charge on any atom is -0.507 e. The molecule has 2 N–H and O–H groups in total. The molecule has 16 heavy (non-hydrogen) atoms. The van der Waals surface area contributed by atoms with Gasteiger partial charge in [-0.25, -0.2) is 0 Å². The third-order valence-electron chi connectivity index (χ3n) is 3.23. The van der Waals surface area contributed by atoms with E-state index >= 15 is 0 Å². The molecule has 1 aromatic carbocycles. The third kappa shape index (κ3) is 1.94. The van der Waals surface area contributed by atoms with Crippen molar-refractivity contribution in [3.63, 3.8) is 0 Å². The van der Waals surface area contributed by atoms with E-state index in [2.05, 4.69) is 21.2 Å². The van der Waals surface area contributed by atoms with Crippen LogP contribution in [0.1, 0.15) is 26.2 Å². The summed E-state index contributed by atoms with van der Waals surface area (Å²) in [7, 11) is 0. The summed E-state index contributed by atoms with van der Waals surface area (Å²) in [6, 6.07) is 5.05. The van der Waals surface area contributed by atoms with E-state index in [-0.39, 0.29) is 17.1 Å². The smallest absolute Gasteiger partial charge is 0.230 e. The number of rotatable bonds is 2. The number of aromatic hydroxyl groups is 1. The average molecular weight is 284 g/mol. The number of anilines is 1. The molecule has 1 amide bonds. The van der Waals surface area contributed by atoms with Crippen LogP contribution in [0.3, 0.4) is 0 Å². The molecule has 0 aromatic heterocycles. The summed E-state index contributed by atoms with van der Waals surface area (Å²) in [5.74, 6) is 0.168. The van der Waals surface area contributed by atoms with Gasteiger partial charge in [-0.05, 0) is 40.9 Å². The molecule has 0 aliphatic heterocycles. The Hall–Kier alpha value is -1.03. The van der Waals surface area contributed by atoms with Crippen LogP contribution in [0.25, 0.3) is 0 Å². The third-order valence-corrected chi connectivity index (χ3v) is 4.07. The van der Waals surface area contributed by atoms with Gasteiger partial charge in [0.15, 0.2) is 0 Å². The normalized spacial score (nSPS) is 17.6. The molecule has 1 aromatic rings. The Labute approximate surface area is 103 Å². The fraction of sp³-hybridized carbons (Fsp3) is 0.417. The number of phenols is 1. The van der Waals surface area contributed by atoms with Gasteiger partial charge in [0.1, 0.15) is 5.75 Å². The van der Waals surface area contributed by atoms with Gasteiger partial charge in [0.05, 0.1) is 10.2 Å². The summed E-state index contributed by atoms with van der Waals surface area (Å²) in [5, 5.41) is 12.3. The van der Waals surface area contributed by atoms with Gasteiger partial charge in [0.2, 0.25) is 5.91 Å². The van der Waals surface area contributed by atoms with Crippen LogP contribution < -0.4 is 5.32 Å². The summed E-state index contributed by atoms with van der Waals surface area (Å²) in [5.41, 5.74) is 0.392. The second kappa shape index (κ2) is 4.09. The van der Waals surface area contributed by atoms with Gasteiger partial charge < -0.3 is 10.4 Å². The molecule has 1 fully saturated rings. The fourth-order valence-electron chi connectivity index (χ4n) is 1.82. The number of nitrogens with one attached hydrogen (secondary N) is 1. The van der Waals surface area contributed by atoms with E-state index in [4.69, 9.17) is 0 Å². The highest BCUT2D eigenvalue weighted by atomic mass is 79.9. The molecule has 2 rings (SSSR count). The molecule has 0 unspecified atom stereocenters. The lowest BCUT2D eigenvalue weighted by Gasteiger charge is -2.36. The first kappa shape index (κ1) is 11.5. The second-order valence-electron chi connectivity index (χ2n) is 4.51. The summed E-state index contributed by atoms with van der Waals surface area (Å²) in [4.78, 5) is 12.0. The van der Waals surface area contributed by atoms with E-state index in [0.29, 0.717) is 10.2 Å². The van der Waals surface area contributed by atoms with Crippen molar-refractivity contribution in [2.45, 2.75) is 26.2 Å². The molecule has 86 valence electrons. The van der Waals surface area contributed by atoms with E-state index in [1.165, 1.54) is 0 Å². The van der Waals surface area contributed by atoms with Crippen molar-refractivity contribution in [3.05, 3.63) is 22.7 Å². The van der Waals surface area contributed by atoms with Crippen LogP contribution in [0.2, 0.25) is 0 Å². The Balaban J connectivity index is 2.15. The highest BCUT2D eigenvalue weighted by Crippen LogP contribution is 2.42. The highest BCUT2D eigenvalue weighted by Gasteiger charge is 2.39. The number of carbonyl (C=O) groups is 1. The SMILES string of the molecule is CC1(C(=O)Nc2cccc(O)c2Br)CCC1. The van der Waals surface area contributed by atoms with E-state index in [1.807, 2.05) is 6.92 Å². The van der Waals surface area contributed by atoms with E-state index in [0.717, 1.165) is 19.3 Å². The van der Waals surface area contributed by atoms with Crippen molar-refractivity contribution >= 4 is 27.5 Å². The first-order valence-electron chi connectivity index (χ1n) is 5.32. The van der Waals surface area contributed by atoms with Crippen LogP contribution in [0, 0.1) is 5.41 Å². The molecule has 3 nitrogen and oxygen atoms in total. The highest BCUT2D eigenvalue weighted by molar-refractivity contribution is 9.10. The lowest BCUT2D eigenvalue weighted by molar-refractivity contribution is -0.128. The number of phenolic OH excluding ortho intramolecular Hbond substituents is 1. The topological polar surface area (TPSA) is 49.3 Å². The van der Waals surface area contributed by atoms with Gasteiger partial charge in [-0.15, -0.1) is 0 Å². The molecule has 0 saturated heterocycles. The molecule has 4 heteroatoms. The van der Waals surface area contributed by atoms with Gasteiger partial charge in [0, 0.05) is 5.41 Å². The predicted octanol–water partition coefficient (Wildman–Crippen LogP) is 3.28. The molecule has 1 aliphatic rings. The second-order valence-corrected chi connectivity index (χ2v) is 5.30. The number of benzene rings is 1. The van der Waals surface area contributed by atoms with Crippen molar-refractivity contribution < 1.29 is 9.90 Å². The maximum atomic E-state index is 12.0. The van der Waals surface area contributed by atoms with E-state index in [1.54, 1.807) is 18.2 Å². The lowest BCUT2D eigenvalue weighted by Crippen LogP contribution is -2.39. The molecule has 0 heterocycles. The number of hydrogen-bond acceptors (Lipinski definition) is 2. The molecule has 1 aliphatic carbocycles. The van der Waals surface area contributed by atoms with E-state index in [9.17, 15) is 9.90 Å². The molecule has 0 atom stereocenters. The van der Waals surface area contributed by atoms with Crippen LogP contribution >= 0.6 is 15.9 Å². The molecule has 0 spiro atoms. The summed E-state index contributed by atoms with van der Waals surface area (Å²) < 4.78 is 0.534.